The predicted molar refractivity (Wildman–Crippen MR) is 86.1 cm³/mol. The van der Waals surface area contributed by atoms with Crippen LogP contribution in [0.15, 0.2) is 12.8 Å². The van der Waals surface area contributed by atoms with Gasteiger partial charge >= 0.3 is 11.9 Å². The van der Waals surface area contributed by atoms with Crippen LogP contribution in [0, 0.1) is 0 Å². The fourth-order valence-electron chi connectivity index (χ4n) is 1.88. The van der Waals surface area contributed by atoms with Gasteiger partial charge in [-0.25, -0.2) is 0 Å². The van der Waals surface area contributed by atoms with Crippen molar-refractivity contribution in [1.29, 1.82) is 0 Å². The lowest BCUT2D eigenvalue weighted by Crippen LogP contribution is -1.93. The second kappa shape index (κ2) is 18.7. The quantitative estimate of drug-likeness (QED) is 0.310. The third kappa shape index (κ3) is 27.8. The minimum absolute atomic E-state index is 0.329. The van der Waals surface area contributed by atoms with Crippen molar-refractivity contribution in [3.63, 3.8) is 0 Å². The molecule has 0 aliphatic rings. The van der Waals surface area contributed by atoms with Gasteiger partial charge in [0.25, 0.3) is 0 Å². The minimum Gasteiger partial charge on any atom is -0.481 e. The molecule has 0 aliphatic heterocycles. The van der Waals surface area contributed by atoms with E-state index in [1.165, 1.54) is 58.3 Å². The van der Waals surface area contributed by atoms with E-state index in [1.54, 1.807) is 0 Å². The number of unbranched alkanes of at least 4 members (excludes halogenated alkanes) is 9. The van der Waals surface area contributed by atoms with Gasteiger partial charge in [-0.15, -0.1) is 0 Å². The van der Waals surface area contributed by atoms with Gasteiger partial charge < -0.3 is 9.84 Å². The summed E-state index contributed by atoms with van der Waals surface area (Å²) in [6.07, 6.45) is 14.0. The van der Waals surface area contributed by atoms with Crippen molar-refractivity contribution in [3.05, 3.63) is 12.8 Å². The van der Waals surface area contributed by atoms with Crippen LogP contribution in [0.3, 0.4) is 0 Å². The molecule has 1 N–H and O–H groups in total. The highest BCUT2D eigenvalue weighted by atomic mass is 16.5. The summed E-state index contributed by atoms with van der Waals surface area (Å²) >= 11 is 0. The van der Waals surface area contributed by atoms with E-state index in [9.17, 15) is 9.59 Å². The molecule has 0 rings (SSSR count). The molecule has 0 aromatic heterocycles. The largest absolute Gasteiger partial charge is 0.481 e. The summed E-state index contributed by atoms with van der Waals surface area (Å²) < 4.78 is 4.17. The van der Waals surface area contributed by atoms with Gasteiger partial charge in [0.15, 0.2) is 0 Å². The number of aliphatic carboxylic acids is 1. The molecule has 0 fully saturated rings. The average molecular weight is 300 g/mol. The first-order chi connectivity index (χ1) is 10.0. The number of carbonyl (C=O) groups is 2. The number of carboxylic acids is 1. The van der Waals surface area contributed by atoms with Gasteiger partial charge in [-0.1, -0.05) is 71.3 Å². The Morgan fingerprint density at radius 1 is 0.952 bits per heavy atom. The monoisotopic (exact) mass is 300 g/mol. The maximum atomic E-state index is 10.2. The average Bonchev–Trinajstić information content (AvgIpc) is 2.41. The molecule has 21 heavy (non-hydrogen) atoms. The topological polar surface area (TPSA) is 63.6 Å². The number of rotatable bonds is 12. The Bertz CT molecular complexity index is 262. The van der Waals surface area contributed by atoms with E-state index in [0.717, 1.165) is 19.1 Å². The number of hydrogen-bond donors (Lipinski definition) is 1. The Balaban J connectivity index is 0. The SMILES string of the molecule is C=COC(C)=O.CCCCCCCCCCCCC(=O)O. The summed E-state index contributed by atoms with van der Waals surface area (Å²) in [7, 11) is 0. The lowest BCUT2D eigenvalue weighted by Gasteiger charge is -2.01. The van der Waals surface area contributed by atoms with Crippen LogP contribution < -0.4 is 0 Å². The van der Waals surface area contributed by atoms with Crippen molar-refractivity contribution in [1.82, 2.24) is 0 Å². The third-order valence-corrected chi connectivity index (χ3v) is 2.99. The van der Waals surface area contributed by atoms with Crippen LogP contribution in [0.4, 0.5) is 0 Å². The van der Waals surface area contributed by atoms with Crippen molar-refractivity contribution >= 4 is 11.9 Å². The van der Waals surface area contributed by atoms with Crippen LogP contribution in [0.25, 0.3) is 0 Å². The van der Waals surface area contributed by atoms with E-state index in [-0.39, 0.29) is 5.97 Å². The molecule has 0 aliphatic carbocycles. The highest BCUT2D eigenvalue weighted by molar-refractivity contribution is 5.66. The molecular formula is C17H32O4. The zero-order valence-electron chi connectivity index (χ0n) is 13.7. The smallest absolute Gasteiger partial charge is 0.307 e. The van der Waals surface area contributed by atoms with Gasteiger partial charge in [-0.2, -0.15) is 0 Å². The lowest BCUT2D eigenvalue weighted by atomic mass is 10.1. The predicted octanol–water partition coefficient (Wildman–Crippen LogP) is 5.08. The Morgan fingerprint density at radius 3 is 1.67 bits per heavy atom. The fourth-order valence-corrected chi connectivity index (χ4v) is 1.88. The Hall–Kier alpha value is -1.32. The molecule has 0 aromatic rings. The van der Waals surface area contributed by atoms with Crippen LogP contribution in [0.2, 0.25) is 0 Å². The molecule has 0 bridgehead atoms. The van der Waals surface area contributed by atoms with E-state index in [4.69, 9.17) is 5.11 Å². The van der Waals surface area contributed by atoms with Crippen LogP contribution in [-0.4, -0.2) is 17.0 Å². The maximum absolute atomic E-state index is 10.2. The molecule has 0 unspecified atom stereocenters. The highest BCUT2D eigenvalue weighted by Gasteiger charge is 1.96. The summed E-state index contributed by atoms with van der Waals surface area (Å²) in [4.78, 5) is 20.0. The third-order valence-electron chi connectivity index (χ3n) is 2.99. The Labute approximate surface area is 129 Å². The molecule has 0 saturated carbocycles. The van der Waals surface area contributed by atoms with E-state index < -0.39 is 5.97 Å². The summed E-state index contributed by atoms with van der Waals surface area (Å²) in [6.45, 7) is 6.72. The van der Waals surface area contributed by atoms with Crippen LogP contribution in [0.5, 0.6) is 0 Å². The Kier molecular flexibility index (Phi) is 19.5. The number of hydrogen-bond acceptors (Lipinski definition) is 3. The lowest BCUT2D eigenvalue weighted by molar-refractivity contribution is -0.137. The molecule has 4 nitrogen and oxygen atoms in total. The fraction of sp³-hybridized carbons (Fsp3) is 0.765. The first kappa shape index (κ1) is 22.0. The van der Waals surface area contributed by atoms with Crippen molar-refractivity contribution in [2.75, 3.05) is 0 Å². The van der Waals surface area contributed by atoms with Gasteiger partial charge in [-0.05, 0) is 6.42 Å². The van der Waals surface area contributed by atoms with Crippen LogP contribution in [-0.2, 0) is 14.3 Å². The zero-order chi connectivity index (χ0) is 16.3. The summed E-state index contributed by atoms with van der Waals surface area (Å²) in [5.74, 6) is -0.987. The van der Waals surface area contributed by atoms with Gasteiger partial charge in [0.1, 0.15) is 0 Å². The van der Waals surface area contributed by atoms with E-state index >= 15 is 0 Å². The van der Waals surface area contributed by atoms with E-state index in [0.29, 0.717) is 6.42 Å². The second-order valence-corrected chi connectivity index (χ2v) is 5.10. The standard InChI is InChI=1S/C13H26O2.C4H6O2/c1-2-3-4-5-6-7-8-9-10-11-12-13(14)15;1-3-6-4(2)5/h2-12H2,1H3,(H,14,15);3H,1H2,2H3. The molecular weight excluding hydrogens is 268 g/mol. The molecule has 0 aromatic carbocycles. The van der Waals surface area contributed by atoms with Gasteiger partial charge in [0.2, 0.25) is 0 Å². The molecule has 0 saturated heterocycles. The number of carbonyl (C=O) groups excluding carboxylic acids is 1. The van der Waals surface area contributed by atoms with Gasteiger partial charge in [0.05, 0.1) is 6.26 Å². The summed E-state index contributed by atoms with van der Waals surface area (Å²) in [5.41, 5.74) is 0. The number of esters is 1. The molecule has 124 valence electrons. The molecule has 0 atom stereocenters. The molecule has 0 amide bonds. The second-order valence-electron chi connectivity index (χ2n) is 5.10. The Morgan fingerprint density at radius 2 is 1.38 bits per heavy atom. The number of carboxylic acid groups (broad SMARTS) is 1. The van der Waals surface area contributed by atoms with Gasteiger partial charge in [-0.3, -0.25) is 9.59 Å². The molecule has 4 heteroatoms. The minimum atomic E-state index is -0.658. The highest BCUT2D eigenvalue weighted by Crippen LogP contribution is 2.11. The van der Waals surface area contributed by atoms with Crippen molar-refractivity contribution in [2.24, 2.45) is 0 Å². The van der Waals surface area contributed by atoms with Crippen molar-refractivity contribution < 1.29 is 19.4 Å². The molecule has 0 spiro atoms. The summed E-state index contributed by atoms with van der Waals surface area (Å²) in [5, 5.41) is 8.44. The van der Waals surface area contributed by atoms with Crippen LogP contribution in [0.1, 0.15) is 84.5 Å². The zero-order valence-corrected chi connectivity index (χ0v) is 13.7. The molecule has 0 radical (unpaired) electrons. The van der Waals surface area contributed by atoms with E-state index in [2.05, 4.69) is 18.2 Å². The van der Waals surface area contributed by atoms with Gasteiger partial charge in [0, 0.05) is 13.3 Å². The first-order valence-corrected chi connectivity index (χ1v) is 8.04. The van der Waals surface area contributed by atoms with E-state index in [1.807, 2.05) is 0 Å². The maximum Gasteiger partial charge on any atom is 0.307 e. The summed E-state index contributed by atoms with van der Waals surface area (Å²) in [6, 6.07) is 0. The van der Waals surface area contributed by atoms with Crippen molar-refractivity contribution in [3.8, 4) is 0 Å². The number of ether oxygens (including phenoxy) is 1. The van der Waals surface area contributed by atoms with Crippen molar-refractivity contribution in [2.45, 2.75) is 84.5 Å². The molecule has 0 heterocycles. The normalized spacial score (nSPS) is 9.43. The first-order valence-electron chi connectivity index (χ1n) is 8.04. The van der Waals surface area contributed by atoms with Crippen LogP contribution >= 0.6 is 0 Å².